The molecule has 1 fully saturated rings. The highest BCUT2D eigenvalue weighted by Crippen LogP contribution is 2.26. The minimum Gasteiger partial charge on any atom is -0.383 e. The maximum absolute atomic E-state index is 5.20. The zero-order valence-corrected chi connectivity index (χ0v) is 10.5. The van der Waals surface area contributed by atoms with Gasteiger partial charge < -0.3 is 15.0 Å². The standard InChI is InChI=1S/C12H26N2O/c1-4-14(8-11-6-5-7-11)9-12(13-2)10-15-3/h11-13H,4-10H2,1-3H3. The molecular formula is C12H26N2O. The van der Waals surface area contributed by atoms with Crippen LogP contribution in [0.15, 0.2) is 0 Å². The molecule has 1 N–H and O–H groups in total. The number of likely N-dealkylation sites (N-methyl/N-ethyl adjacent to an activating group) is 2. The topological polar surface area (TPSA) is 24.5 Å². The second-order valence-corrected chi connectivity index (χ2v) is 4.59. The molecule has 15 heavy (non-hydrogen) atoms. The summed E-state index contributed by atoms with van der Waals surface area (Å²) in [5.74, 6) is 0.963. The monoisotopic (exact) mass is 214 g/mol. The Kier molecular flexibility index (Phi) is 6.22. The van der Waals surface area contributed by atoms with E-state index in [9.17, 15) is 0 Å². The summed E-state index contributed by atoms with van der Waals surface area (Å²) in [6, 6.07) is 0.468. The van der Waals surface area contributed by atoms with E-state index in [4.69, 9.17) is 4.74 Å². The van der Waals surface area contributed by atoms with Gasteiger partial charge in [-0.25, -0.2) is 0 Å². The lowest BCUT2D eigenvalue weighted by Crippen LogP contribution is -2.44. The van der Waals surface area contributed by atoms with Crippen molar-refractivity contribution >= 4 is 0 Å². The largest absolute Gasteiger partial charge is 0.383 e. The van der Waals surface area contributed by atoms with Crippen molar-refractivity contribution in [1.29, 1.82) is 0 Å². The lowest BCUT2D eigenvalue weighted by atomic mass is 9.85. The number of nitrogens with zero attached hydrogens (tertiary/aromatic N) is 1. The first-order chi connectivity index (χ1) is 7.30. The van der Waals surface area contributed by atoms with Crippen molar-refractivity contribution in [2.45, 2.75) is 32.2 Å². The van der Waals surface area contributed by atoms with Gasteiger partial charge in [0.05, 0.1) is 6.61 Å². The highest BCUT2D eigenvalue weighted by molar-refractivity contribution is 4.76. The van der Waals surface area contributed by atoms with E-state index >= 15 is 0 Å². The van der Waals surface area contributed by atoms with Crippen LogP contribution >= 0.6 is 0 Å². The molecule has 1 aliphatic rings. The van der Waals surface area contributed by atoms with Crippen LogP contribution in [0.1, 0.15) is 26.2 Å². The van der Waals surface area contributed by atoms with Gasteiger partial charge in [0, 0.05) is 26.2 Å². The molecule has 0 saturated heterocycles. The molecule has 0 amide bonds. The van der Waals surface area contributed by atoms with Crippen LogP contribution in [0.25, 0.3) is 0 Å². The van der Waals surface area contributed by atoms with E-state index in [0.29, 0.717) is 6.04 Å². The van der Waals surface area contributed by atoms with Gasteiger partial charge in [-0.3, -0.25) is 0 Å². The third-order valence-corrected chi connectivity index (χ3v) is 3.44. The first kappa shape index (κ1) is 12.9. The summed E-state index contributed by atoms with van der Waals surface area (Å²) in [6.07, 6.45) is 4.31. The van der Waals surface area contributed by atoms with E-state index in [0.717, 1.165) is 25.6 Å². The highest BCUT2D eigenvalue weighted by atomic mass is 16.5. The molecule has 0 bridgehead atoms. The van der Waals surface area contributed by atoms with Crippen molar-refractivity contribution in [1.82, 2.24) is 10.2 Å². The lowest BCUT2D eigenvalue weighted by Gasteiger charge is -2.33. The van der Waals surface area contributed by atoms with Crippen molar-refractivity contribution in [2.75, 3.05) is 40.4 Å². The van der Waals surface area contributed by atoms with Crippen LogP contribution in [0.5, 0.6) is 0 Å². The fourth-order valence-corrected chi connectivity index (χ4v) is 2.11. The van der Waals surface area contributed by atoms with Gasteiger partial charge in [0.15, 0.2) is 0 Å². The smallest absolute Gasteiger partial charge is 0.0628 e. The quantitative estimate of drug-likeness (QED) is 0.660. The van der Waals surface area contributed by atoms with Crippen molar-refractivity contribution in [3.8, 4) is 0 Å². The van der Waals surface area contributed by atoms with Crippen molar-refractivity contribution in [2.24, 2.45) is 5.92 Å². The summed E-state index contributed by atoms with van der Waals surface area (Å²) in [5.41, 5.74) is 0. The number of methoxy groups -OCH3 is 1. The summed E-state index contributed by atoms with van der Waals surface area (Å²) in [5, 5.41) is 3.31. The molecule has 1 atom stereocenters. The Hall–Kier alpha value is -0.120. The van der Waals surface area contributed by atoms with Gasteiger partial charge >= 0.3 is 0 Å². The van der Waals surface area contributed by atoms with Crippen LogP contribution in [0.3, 0.4) is 0 Å². The van der Waals surface area contributed by atoms with E-state index in [2.05, 4.69) is 17.1 Å². The van der Waals surface area contributed by atoms with Crippen LogP contribution in [-0.4, -0.2) is 51.3 Å². The number of rotatable bonds is 8. The van der Waals surface area contributed by atoms with Crippen LogP contribution in [0, 0.1) is 5.92 Å². The maximum Gasteiger partial charge on any atom is 0.0628 e. The lowest BCUT2D eigenvalue weighted by molar-refractivity contribution is 0.124. The van der Waals surface area contributed by atoms with E-state index < -0.39 is 0 Å². The Bertz CT molecular complexity index is 160. The van der Waals surface area contributed by atoms with Crippen LogP contribution in [0.2, 0.25) is 0 Å². The van der Waals surface area contributed by atoms with Gasteiger partial charge in [0.2, 0.25) is 0 Å². The molecule has 1 aliphatic carbocycles. The Balaban J connectivity index is 2.23. The fourth-order valence-electron chi connectivity index (χ4n) is 2.11. The molecule has 0 aliphatic heterocycles. The Morgan fingerprint density at radius 1 is 1.47 bits per heavy atom. The van der Waals surface area contributed by atoms with Gasteiger partial charge in [-0.1, -0.05) is 13.3 Å². The average molecular weight is 214 g/mol. The van der Waals surface area contributed by atoms with E-state index in [-0.39, 0.29) is 0 Å². The maximum atomic E-state index is 5.20. The molecule has 1 unspecified atom stereocenters. The summed E-state index contributed by atoms with van der Waals surface area (Å²) >= 11 is 0. The van der Waals surface area contributed by atoms with Gasteiger partial charge in [-0.05, 0) is 32.4 Å². The predicted molar refractivity (Wildman–Crippen MR) is 64.2 cm³/mol. The molecule has 0 aromatic carbocycles. The number of hydrogen-bond donors (Lipinski definition) is 1. The molecule has 1 saturated carbocycles. The normalized spacial score (nSPS) is 19.2. The van der Waals surface area contributed by atoms with Crippen LogP contribution < -0.4 is 5.32 Å². The Labute approximate surface area is 94.2 Å². The summed E-state index contributed by atoms with van der Waals surface area (Å²) in [7, 11) is 3.79. The molecule has 0 aromatic heterocycles. The molecule has 3 nitrogen and oxygen atoms in total. The molecule has 1 rings (SSSR count). The predicted octanol–water partition coefficient (Wildman–Crippen LogP) is 1.34. The van der Waals surface area contributed by atoms with E-state index in [1.54, 1.807) is 7.11 Å². The zero-order valence-electron chi connectivity index (χ0n) is 10.5. The molecular weight excluding hydrogens is 188 g/mol. The second kappa shape index (κ2) is 7.20. The van der Waals surface area contributed by atoms with Crippen molar-refractivity contribution in [3.05, 3.63) is 0 Å². The molecule has 90 valence electrons. The van der Waals surface area contributed by atoms with Gasteiger partial charge in [-0.2, -0.15) is 0 Å². The van der Waals surface area contributed by atoms with E-state index in [1.807, 2.05) is 7.05 Å². The minimum atomic E-state index is 0.468. The highest BCUT2D eigenvalue weighted by Gasteiger charge is 2.21. The van der Waals surface area contributed by atoms with Crippen molar-refractivity contribution < 1.29 is 4.74 Å². The number of ether oxygens (including phenoxy) is 1. The van der Waals surface area contributed by atoms with Crippen LogP contribution in [0.4, 0.5) is 0 Å². The Morgan fingerprint density at radius 3 is 2.60 bits per heavy atom. The number of hydrogen-bond acceptors (Lipinski definition) is 3. The Morgan fingerprint density at radius 2 is 2.20 bits per heavy atom. The molecule has 0 heterocycles. The zero-order chi connectivity index (χ0) is 11.1. The third kappa shape index (κ3) is 4.49. The van der Waals surface area contributed by atoms with Crippen LogP contribution in [-0.2, 0) is 4.74 Å². The number of nitrogens with one attached hydrogen (secondary N) is 1. The SMILES string of the molecule is CCN(CC1CCC1)CC(COC)NC. The van der Waals surface area contributed by atoms with Gasteiger partial charge in [0.1, 0.15) is 0 Å². The molecule has 0 radical (unpaired) electrons. The average Bonchev–Trinajstić information content (AvgIpc) is 2.20. The molecule has 3 heteroatoms. The molecule has 0 spiro atoms. The first-order valence-corrected chi connectivity index (χ1v) is 6.18. The van der Waals surface area contributed by atoms with E-state index in [1.165, 1.54) is 25.8 Å². The van der Waals surface area contributed by atoms with Gasteiger partial charge in [0.25, 0.3) is 0 Å². The minimum absolute atomic E-state index is 0.468. The molecule has 0 aromatic rings. The summed E-state index contributed by atoms with van der Waals surface area (Å²) in [6.45, 7) is 6.59. The summed E-state index contributed by atoms with van der Waals surface area (Å²) < 4.78 is 5.20. The van der Waals surface area contributed by atoms with Crippen molar-refractivity contribution in [3.63, 3.8) is 0 Å². The fraction of sp³-hybridized carbons (Fsp3) is 1.00. The second-order valence-electron chi connectivity index (χ2n) is 4.59. The van der Waals surface area contributed by atoms with Gasteiger partial charge in [-0.15, -0.1) is 0 Å². The first-order valence-electron chi connectivity index (χ1n) is 6.18. The third-order valence-electron chi connectivity index (χ3n) is 3.44. The summed E-state index contributed by atoms with van der Waals surface area (Å²) in [4.78, 5) is 2.55.